The molecule has 0 aromatic heterocycles. The molecule has 0 unspecified atom stereocenters. The maximum absolute atomic E-state index is 13.3. The van der Waals surface area contributed by atoms with Gasteiger partial charge in [-0.1, -0.05) is 0 Å². The number of carbonyl (C=O) groups excluding carboxylic acids is 1. The Balaban J connectivity index is 0.00000324. The summed E-state index contributed by atoms with van der Waals surface area (Å²) >= 11 is 0. The largest absolute Gasteiger partial charge is 0.466 e. The highest BCUT2D eigenvalue weighted by Crippen LogP contribution is 2.15. The van der Waals surface area contributed by atoms with Crippen molar-refractivity contribution in [2.75, 3.05) is 6.61 Å². The van der Waals surface area contributed by atoms with Gasteiger partial charge in [-0.25, -0.2) is 13.2 Å². The SMILES string of the molecule is CCOC(=O)C[C@@H](N)Cc1cc(F)c(F)cc1F.Cl. The molecule has 3 nitrogen and oxygen atoms in total. The molecule has 2 N–H and O–H groups in total. The predicted octanol–water partition coefficient (Wildman–Crippen LogP) is 2.35. The zero-order valence-corrected chi connectivity index (χ0v) is 11.1. The molecule has 0 aliphatic rings. The van der Waals surface area contributed by atoms with Crippen LogP contribution in [0.3, 0.4) is 0 Å². The highest BCUT2D eigenvalue weighted by molar-refractivity contribution is 5.85. The van der Waals surface area contributed by atoms with Gasteiger partial charge in [0.25, 0.3) is 0 Å². The van der Waals surface area contributed by atoms with E-state index in [1.54, 1.807) is 6.92 Å². The van der Waals surface area contributed by atoms with E-state index < -0.39 is 29.5 Å². The molecule has 0 aliphatic carbocycles. The normalized spacial score (nSPS) is 11.6. The maximum Gasteiger partial charge on any atom is 0.307 e. The van der Waals surface area contributed by atoms with Crippen molar-refractivity contribution < 1.29 is 22.7 Å². The van der Waals surface area contributed by atoms with E-state index in [1.165, 1.54) is 0 Å². The van der Waals surface area contributed by atoms with Gasteiger partial charge in [-0.05, 0) is 25.0 Å². The van der Waals surface area contributed by atoms with E-state index >= 15 is 0 Å². The molecule has 0 spiro atoms. The second-order valence-electron chi connectivity index (χ2n) is 3.83. The van der Waals surface area contributed by atoms with Gasteiger partial charge in [0.2, 0.25) is 0 Å². The zero-order chi connectivity index (χ0) is 13.7. The van der Waals surface area contributed by atoms with Crippen LogP contribution in [0.5, 0.6) is 0 Å². The molecule has 0 amide bonds. The third-order valence-corrected chi connectivity index (χ3v) is 2.31. The molecular formula is C12H15ClF3NO2. The molecular weight excluding hydrogens is 283 g/mol. The number of nitrogens with two attached hydrogens (primary N) is 1. The summed E-state index contributed by atoms with van der Waals surface area (Å²) < 4.78 is 43.6. The van der Waals surface area contributed by atoms with E-state index in [1.807, 2.05) is 0 Å². The highest BCUT2D eigenvalue weighted by atomic mass is 35.5. The Morgan fingerprint density at radius 1 is 1.26 bits per heavy atom. The zero-order valence-electron chi connectivity index (χ0n) is 10.3. The lowest BCUT2D eigenvalue weighted by Crippen LogP contribution is -2.27. The van der Waals surface area contributed by atoms with Crippen LogP contribution in [0, 0.1) is 17.5 Å². The van der Waals surface area contributed by atoms with Gasteiger partial charge < -0.3 is 10.5 Å². The molecule has 1 rings (SSSR count). The van der Waals surface area contributed by atoms with Crippen LogP contribution in [0.2, 0.25) is 0 Å². The predicted molar refractivity (Wildman–Crippen MR) is 66.5 cm³/mol. The van der Waals surface area contributed by atoms with Crippen LogP contribution in [0.25, 0.3) is 0 Å². The van der Waals surface area contributed by atoms with Crippen LogP contribution >= 0.6 is 12.4 Å². The molecule has 0 bridgehead atoms. The van der Waals surface area contributed by atoms with Gasteiger partial charge in [-0.3, -0.25) is 4.79 Å². The molecule has 0 fully saturated rings. The summed E-state index contributed by atoms with van der Waals surface area (Å²) in [5, 5.41) is 0. The van der Waals surface area contributed by atoms with Crippen molar-refractivity contribution in [3.63, 3.8) is 0 Å². The van der Waals surface area contributed by atoms with Crippen molar-refractivity contribution in [1.29, 1.82) is 0 Å². The first kappa shape index (κ1) is 17.7. The molecule has 0 saturated heterocycles. The summed E-state index contributed by atoms with van der Waals surface area (Å²) in [6.07, 6.45) is -0.172. The Kier molecular flexibility index (Phi) is 7.48. The van der Waals surface area contributed by atoms with Crippen LogP contribution in [0.1, 0.15) is 18.9 Å². The van der Waals surface area contributed by atoms with Gasteiger partial charge in [0.15, 0.2) is 11.6 Å². The minimum atomic E-state index is -1.25. The minimum Gasteiger partial charge on any atom is -0.466 e. The number of carbonyl (C=O) groups is 1. The molecule has 7 heteroatoms. The van der Waals surface area contributed by atoms with Crippen molar-refractivity contribution in [3.05, 3.63) is 35.1 Å². The van der Waals surface area contributed by atoms with Crippen LogP contribution < -0.4 is 5.73 Å². The lowest BCUT2D eigenvalue weighted by atomic mass is 10.0. The number of benzene rings is 1. The second-order valence-corrected chi connectivity index (χ2v) is 3.83. The van der Waals surface area contributed by atoms with Gasteiger partial charge in [0, 0.05) is 12.1 Å². The average molecular weight is 298 g/mol. The fourth-order valence-corrected chi connectivity index (χ4v) is 1.51. The number of hydrogen-bond donors (Lipinski definition) is 1. The summed E-state index contributed by atoms with van der Waals surface area (Å²) in [6.45, 7) is 1.88. The molecule has 0 saturated carbocycles. The topological polar surface area (TPSA) is 52.3 Å². The second kappa shape index (κ2) is 8.01. The Labute approximate surface area is 115 Å². The molecule has 1 aromatic rings. The molecule has 0 radical (unpaired) electrons. The van der Waals surface area contributed by atoms with Crippen LogP contribution in [-0.2, 0) is 16.0 Å². The summed E-state index contributed by atoms with van der Waals surface area (Å²) in [7, 11) is 0. The third kappa shape index (κ3) is 5.48. The molecule has 1 atom stereocenters. The van der Waals surface area contributed by atoms with Crippen LogP contribution in [0.4, 0.5) is 13.2 Å². The standard InChI is InChI=1S/C12H14F3NO2.ClH/c1-2-18-12(17)5-8(16)3-7-4-10(14)11(15)6-9(7)13;/h4,6,8H,2-3,5,16H2,1H3;1H/t8-;/m0./s1. The van der Waals surface area contributed by atoms with Crippen molar-refractivity contribution in [1.82, 2.24) is 0 Å². The third-order valence-electron chi connectivity index (χ3n) is 2.31. The first-order valence-electron chi connectivity index (χ1n) is 5.48. The van der Waals surface area contributed by atoms with Crippen LogP contribution in [0.15, 0.2) is 12.1 Å². The van der Waals surface area contributed by atoms with Gasteiger partial charge in [-0.2, -0.15) is 0 Å². The molecule has 0 aliphatic heterocycles. The van der Waals surface area contributed by atoms with E-state index in [0.29, 0.717) is 6.07 Å². The number of hydrogen-bond acceptors (Lipinski definition) is 3. The van der Waals surface area contributed by atoms with Crippen molar-refractivity contribution in [3.8, 4) is 0 Å². The number of ether oxygens (including phenoxy) is 1. The van der Waals surface area contributed by atoms with Gasteiger partial charge in [0.1, 0.15) is 5.82 Å². The number of esters is 1. The molecule has 1 aromatic carbocycles. The first-order valence-corrected chi connectivity index (χ1v) is 5.48. The average Bonchev–Trinajstić information content (AvgIpc) is 2.26. The summed E-state index contributed by atoms with van der Waals surface area (Å²) in [6, 6.07) is 0.501. The quantitative estimate of drug-likeness (QED) is 0.670. The van der Waals surface area contributed by atoms with E-state index in [9.17, 15) is 18.0 Å². The maximum atomic E-state index is 13.3. The molecule has 19 heavy (non-hydrogen) atoms. The molecule has 0 heterocycles. The van der Waals surface area contributed by atoms with Crippen molar-refractivity contribution >= 4 is 18.4 Å². The monoisotopic (exact) mass is 297 g/mol. The fraction of sp³-hybridized carbons (Fsp3) is 0.417. The van der Waals surface area contributed by atoms with Crippen molar-refractivity contribution in [2.24, 2.45) is 5.73 Å². The Bertz CT molecular complexity index is 443. The Hall–Kier alpha value is -1.27. The summed E-state index contributed by atoms with van der Waals surface area (Å²) in [5.74, 6) is -3.79. The Morgan fingerprint density at radius 3 is 2.42 bits per heavy atom. The van der Waals surface area contributed by atoms with E-state index in [0.717, 1.165) is 6.07 Å². The van der Waals surface area contributed by atoms with E-state index in [4.69, 9.17) is 5.73 Å². The van der Waals surface area contributed by atoms with Gasteiger partial charge in [0.05, 0.1) is 13.0 Å². The summed E-state index contributed by atoms with van der Waals surface area (Å²) in [4.78, 5) is 11.1. The Morgan fingerprint density at radius 2 is 1.84 bits per heavy atom. The lowest BCUT2D eigenvalue weighted by molar-refractivity contribution is -0.143. The molecule has 108 valence electrons. The van der Waals surface area contributed by atoms with E-state index in [-0.39, 0.29) is 37.4 Å². The minimum absolute atomic E-state index is 0. The fourth-order valence-electron chi connectivity index (χ4n) is 1.51. The van der Waals surface area contributed by atoms with E-state index in [2.05, 4.69) is 4.74 Å². The van der Waals surface area contributed by atoms with Crippen LogP contribution in [-0.4, -0.2) is 18.6 Å². The number of rotatable bonds is 5. The lowest BCUT2D eigenvalue weighted by Gasteiger charge is -2.11. The van der Waals surface area contributed by atoms with Gasteiger partial charge in [-0.15, -0.1) is 12.4 Å². The first-order chi connectivity index (χ1) is 8.43. The van der Waals surface area contributed by atoms with Crippen molar-refractivity contribution in [2.45, 2.75) is 25.8 Å². The smallest absolute Gasteiger partial charge is 0.307 e. The summed E-state index contributed by atoms with van der Waals surface area (Å²) in [5.41, 5.74) is 5.55. The number of halogens is 4. The van der Waals surface area contributed by atoms with Gasteiger partial charge >= 0.3 is 5.97 Å². The highest BCUT2D eigenvalue weighted by Gasteiger charge is 2.15.